The molecule has 176 valence electrons. The molecule has 2 aliphatic rings. The summed E-state index contributed by atoms with van der Waals surface area (Å²) < 4.78 is 2.14. The van der Waals surface area contributed by atoms with Crippen molar-refractivity contribution < 1.29 is 10.0 Å². The van der Waals surface area contributed by atoms with Crippen molar-refractivity contribution in [1.82, 2.24) is 25.0 Å². The lowest BCUT2D eigenvalue weighted by Gasteiger charge is -2.36. The summed E-state index contributed by atoms with van der Waals surface area (Å²) in [5.41, 5.74) is 6.14. The summed E-state index contributed by atoms with van der Waals surface area (Å²) >= 11 is 0. The first-order chi connectivity index (χ1) is 16.7. The molecule has 2 N–H and O–H groups in total. The van der Waals surface area contributed by atoms with Gasteiger partial charge in [-0.2, -0.15) is 0 Å². The molecule has 1 amide bonds. The number of pyridine rings is 1. The second-order valence-electron chi connectivity index (χ2n) is 8.69. The lowest BCUT2D eigenvalue weighted by atomic mass is 9.96. The van der Waals surface area contributed by atoms with Crippen LogP contribution in [0.4, 0.5) is 11.6 Å². The number of carbonyl (C=O) groups is 1. The van der Waals surface area contributed by atoms with Crippen LogP contribution in [-0.2, 0) is 17.8 Å². The molecule has 1 unspecified atom stereocenters. The van der Waals surface area contributed by atoms with Crippen LogP contribution in [0.2, 0.25) is 0 Å². The Bertz CT molecular complexity index is 1220. The van der Waals surface area contributed by atoms with Gasteiger partial charge in [0.05, 0.1) is 5.92 Å². The predicted molar refractivity (Wildman–Crippen MR) is 131 cm³/mol. The molecule has 34 heavy (non-hydrogen) atoms. The van der Waals surface area contributed by atoms with Crippen molar-refractivity contribution in [3.05, 3.63) is 66.3 Å². The second-order valence-corrected chi connectivity index (χ2v) is 8.69. The monoisotopic (exact) mass is 459 g/mol. The van der Waals surface area contributed by atoms with Crippen LogP contribution in [-0.4, -0.2) is 56.8 Å². The number of rotatable bonds is 6. The van der Waals surface area contributed by atoms with Crippen molar-refractivity contribution in [2.45, 2.75) is 26.3 Å². The van der Waals surface area contributed by atoms with Crippen molar-refractivity contribution in [3.63, 3.8) is 0 Å². The van der Waals surface area contributed by atoms with Gasteiger partial charge in [0, 0.05) is 68.6 Å². The molecular weight excluding hydrogens is 430 g/mol. The van der Waals surface area contributed by atoms with E-state index in [0.717, 1.165) is 60.7 Å². The van der Waals surface area contributed by atoms with Gasteiger partial charge in [-0.15, -0.1) is 0 Å². The Balaban J connectivity index is 1.27. The largest absolute Gasteiger partial charge is 0.367 e. The standard InChI is InChI=1S/C25H29N7O2/c1-2-18-15-27-25(28-16-18)31-13-11-30(12-14-31)22-7-9-26-23-21(22)8-10-32(23)17-19-3-5-20(6-4-19)24(33)29-34/h3-5,7-10,15-16,20,34H,2,6,11-14,17H2,1H3,(H,29,33). The van der Waals surface area contributed by atoms with Crippen LogP contribution >= 0.6 is 0 Å². The molecule has 4 heterocycles. The number of hydrogen-bond donors (Lipinski definition) is 2. The van der Waals surface area contributed by atoms with E-state index in [9.17, 15) is 4.79 Å². The van der Waals surface area contributed by atoms with Crippen LogP contribution in [0.15, 0.2) is 60.7 Å². The van der Waals surface area contributed by atoms with Crippen molar-refractivity contribution in [2.75, 3.05) is 36.0 Å². The van der Waals surface area contributed by atoms with E-state index in [1.54, 1.807) is 5.48 Å². The minimum absolute atomic E-state index is 0.325. The Morgan fingerprint density at radius 3 is 2.56 bits per heavy atom. The third-order valence-corrected chi connectivity index (χ3v) is 6.62. The zero-order valence-electron chi connectivity index (χ0n) is 19.3. The van der Waals surface area contributed by atoms with Crippen molar-refractivity contribution in [2.24, 2.45) is 5.92 Å². The highest BCUT2D eigenvalue weighted by molar-refractivity contribution is 5.90. The predicted octanol–water partition coefficient (Wildman–Crippen LogP) is 2.72. The van der Waals surface area contributed by atoms with Crippen LogP contribution in [0, 0.1) is 5.92 Å². The van der Waals surface area contributed by atoms with E-state index < -0.39 is 0 Å². The summed E-state index contributed by atoms with van der Waals surface area (Å²) in [5, 5.41) is 9.96. The molecular formula is C25H29N7O2. The molecule has 9 heteroatoms. The fourth-order valence-electron chi connectivity index (χ4n) is 4.58. The minimum atomic E-state index is -0.381. The van der Waals surface area contributed by atoms with E-state index in [0.29, 0.717) is 13.0 Å². The van der Waals surface area contributed by atoms with E-state index >= 15 is 0 Å². The number of allylic oxidation sites excluding steroid dienone is 3. The van der Waals surface area contributed by atoms with Gasteiger partial charge in [-0.05, 0) is 36.1 Å². The first-order valence-corrected chi connectivity index (χ1v) is 11.7. The first kappa shape index (κ1) is 22.1. The van der Waals surface area contributed by atoms with E-state index in [2.05, 4.69) is 54.6 Å². The lowest BCUT2D eigenvalue weighted by Crippen LogP contribution is -2.47. The number of fused-ring (bicyclic) bond motifs is 1. The zero-order chi connectivity index (χ0) is 23.5. The molecule has 0 spiro atoms. The molecule has 5 rings (SSSR count). The van der Waals surface area contributed by atoms with Gasteiger partial charge in [0.2, 0.25) is 5.95 Å². The molecule has 1 atom stereocenters. The van der Waals surface area contributed by atoms with Gasteiger partial charge < -0.3 is 14.4 Å². The quantitative estimate of drug-likeness (QED) is 0.432. The molecule has 1 saturated heterocycles. The number of aryl methyl sites for hydroxylation is 1. The Labute approximate surface area is 198 Å². The van der Waals surface area contributed by atoms with E-state index in [4.69, 9.17) is 5.21 Å². The average molecular weight is 460 g/mol. The summed E-state index contributed by atoms with van der Waals surface area (Å²) in [6.07, 6.45) is 15.1. The highest BCUT2D eigenvalue weighted by atomic mass is 16.5. The SMILES string of the molecule is CCc1cnc(N2CCN(c3ccnc4c3ccn4CC3=CCC(C(=O)NO)C=C3)CC2)nc1. The topological polar surface area (TPSA) is 99.4 Å². The van der Waals surface area contributed by atoms with Crippen LogP contribution in [0.3, 0.4) is 0 Å². The number of hydrogen-bond acceptors (Lipinski definition) is 7. The molecule has 0 radical (unpaired) electrons. The lowest BCUT2D eigenvalue weighted by molar-refractivity contribution is -0.131. The van der Waals surface area contributed by atoms with Crippen molar-refractivity contribution in [3.8, 4) is 0 Å². The third kappa shape index (κ3) is 4.38. The number of carbonyl (C=O) groups excluding carboxylic acids is 1. The van der Waals surface area contributed by atoms with Gasteiger partial charge in [0.15, 0.2) is 0 Å². The summed E-state index contributed by atoms with van der Waals surface area (Å²) in [6.45, 7) is 6.32. The number of piperazine rings is 1. The smallest absolute Gasteiger partial charge is 0.250 e. The summed E-state index contributed by atoms with van der Waals surface area (Å²) in [7, 11) is 0. The van der Waals surface area contributed by atoms with Gasteiger partial charge in [0.1, 0.15) is 5.65 Å². The summed E-state index contributed by atoms with van der Waals surface area (Å²) in [4.78, 5) is 30.0. The maximum absolute atomic E-state index is 11.6. The molecule has 0 saturated carbocycles. The van der Waals surface area contributed by atoms with E-state index in [1.165, 1.54) is 5.69 Å². The number of aromatic nitrogens is 4. The van der Waals surface area contributed by atoms with Gasteiger partial charge in [0.25, 0.3) is 5.91 Å². The maximum atomic E-state index is 11.6. The second kappa shape index (κ2) is 9.64. The van der Waals surface area contributed by atoms with Gasteiger partial charge in [-0.3, -0.25) is 10.0 Å². The molecule has 0 aromatic carbocycles. The first-order valence-electron chi connectivity index (χ1n) is 11.7. The third-order valence-electron chi connectivity index (χ3n) is 6.62. The Morgan fingerprint density at radius 1 is 1.12 bits per heavy atom. The molecule has 1 aliphatic heterocycles. The van der Waals surface area contributed by atoms with Gasteiger partial charge in [-0.25, -0.2) is 20.4 Å². The van der Waals surface area contributed by atoms with Crippen molar-refractivity contribution >= 4 is 28.6 Å². The van der Waals surface area contributed by atoms with Crippen LogP contribution < -0.4 is 15.3 Å². The Kier molecular flexibility index (Phi) is 6.27. The number of amides is 1. The van der Waals surface area contributed by atoms with Gasteiger partial charge in [-0.1, -0.05) is 25.2 Å². The van der Waals surface area contributed by atoms with Gasteiger partial charge >= 0.3 is 0 Å². The summed E-state index contributed by atoms with van der Waals surface area (Å²) in [5.74, 6) is 0.0952. The average Bonchev–Trinajstić information content (AvgIpc) is 3.31. The van der Waals surface area contributed by atoms with E-state index in [-0.39, 0.29) is 11.8 Å². The molecule has 9 nitrogen and oxygen atoms in total. The fraction of sp³-hybridized carbons (Fsp3) is 0.360. The molecule has 3 aromatic rings. The fourth-order valence-corrected chi connectivity index (χ4v) is 4.58. The molecule has 1 fully saturated rings. The number of nitrogens with zero attached hydrogens (tertiary/aromatic N) is 6. The molecule has 0 bridgehead atoms. The zero-order valence-corrected chi connectivity index (χ0v) is 19.3. The van der Waals surface area contributed by atoms with Crippen LogP contribution in [0.25, 0.3) is 11.0 Å². The number of anilines is 2. The number of hydroxylamine groups is 1. The number of nitrogens with one attached hydrogen (secondary N) is 1. The van der Waals surface area contributed by atoms with Crippen LogP contribution in [0.5, 0.6) is 0 Å². The maximum Gasteiger partial charge on any atom is 0.250 e. The van der Waals surface area contributed by atoms with E-state index in [1.807, 2.05) is 36.8 Å². The Morgan fingerprint density at radius 2 is 1.88 bits per heavy atom. The highest BCUT2D eigenvalue weighted by Gasteiger charge is 2.22. The Hall–Kier alpha value is -3.72. The minimum Gasteiger partial charge on any atom is -0.367 e. The molecule has 1 aliphatic carbocycles. The van der Waals surface area contributed by atoms with Crippen LogP contribution in [0.1, 0.15) is 18.9 Å². The van der Waals surface area contributed by atoms with Crippen molar-refractivity contribution in [1.29, 1.82) is 0 Å². The summed E-state index contributed by atoms with van der Waals surface area (Å²) in [6, 6.07) is 4.22. The normalized spacial score (nSPS) is 18.3. The molecule has 3 aromatic heterocycles. The highest BCUT2D eigenvalue weighted by Crippen LogP contribution is 2.29.